The van der Waals surface area contributed by atoms with Crippen molar-refractivity contribution in [3.05, 3.63) is 30.3 Å². The summed E-state index contributed by atoms with van der Waals surface area (Å²) in [5.74, 6) is -2.00. The van der Waals surface area contributed by atoms with E-state index in [1.165, 1.54) is 13.8 Å². The van der Waals surface area contributed by atoms with Crippen molar-refractivity contribution in [2.45, 2.75) is 60.6 Å². The average molecular weight is 458 g/mol. The van der Waals surface area contributed by atoms with Gasteiger partial charge in [-0.15, -0.1) is 0 Å². The van der Waals surface area contributed by atoms with Gasteiger partial charge in [-0.25, -0.2) is 4.79 Å². The number of methoxy groups -OCH3 is 1. The summed E-state index contributed by atoms with van der Waals surface area (Å²) in [4.78, 5) is 35.3. The van der Waals surface area contributed by atoms with Gasteiger partial charge in [0, 0.05) is 25.2 Å². The van der Waals surface area contributed by atoms with Crippen molar-refractivity contribution in [1.82, 2.24) is 5.32 Å². The standard InChI is InChI=1S/C20H27NO9S/c1-11(23)21-16-15(29-12(2)24)9-20(19(27)28-3,31-13-7-5-4-6-8-13)30-18(16)17(26)14(25)10-22/h4-8,14-18,22,25-26H,9-10H2,1-3H3,(H,21,23)/t14-,15+,16-,17-,18-,20-/m1/s1. The molecule has 6 atom stereocenters. The molecule has 1 heterocycles. The number of carbonyl (C=O) groups excluding carboxylic acids is 3. The molecule has 4 N–H and O–H groups in total. The van der Waals surface area contributed by atoms with Gasteiger partial charge in [-0.1, -0.05) is 30.0 Å². The van der Waals surface area contributed by atoms with Crippen LogP contribution in [-0.2, 0) is 28.6 Å². The van der Waals surface area contributed by atoms with Crippen LogP contribution < -0.4 is 5.32 Å². The van der Waals surface area contributed by atoms with E-state index in [0.717, 1.165) is 18.9 Å². The second-order valence-corrected chi connectivity index (χ2v) is 8.40. The van der Waals surface area contributed by atoms with Gasteiger partial charge in [-0.05, 0) is 12.1 Å². The van der Waals surface area contributed by atoms with Crippen molar-refractivity contribution in [3.63, 3.8) is 0 Å². The number of carbonyl (C=O) groups is 3. The number of aliphatic hydroxyl groups is 3. The predicted molar refractivity (Wildman–Crippen MR) is 109 cm³/mol. The third-order valence-electron chi connectivity index (χ3n) is 4.68. The van der Waals surface area contributed by atoms with E-state index in [0.29, 0.717) is 4.90 Å². The Bertz CT molecular complexity index is 777. The fourth-order valence-electron chi connectivity index (χ4n) is 3.36. The Balaban J connectivity index is 2.56. The molecule has 0 saturated carbocycles. The van der Waals surface area contributed by atoms with E-state index in [-0.39, 0.29) is 6.42 Å². The van der Waals surface area contributed by atoms with Gasteiger partial charge in [0.2, 0.25) is 10.8 Å². The molecular formula is C20H27NO9S. The number of aliphatic hydroxyl groups excluding tert-OH is 3. The van der Waals surface area contributed by atoms with Gasteiger partial charge < -0.3 is 34.8 Å². The summed E-state index contributed by atoms with van der Waals surface area (Å²) < 4.78 is 16.3. The maximum Gasteiger partial charge on any atom is 0.349 e. The Morgan fingerprint density at radius 2 is 1.90 bits per heavy atom. The molecule has 31 heavy (non-hydrogen) atoms. The molecule has 11 heteroatoms. The monoisotopic (exact) mass is 457 g/mol. The number of rotatable bonds is 8. The molecule has 172 valence electrons. The Morgan fingerprint density at radius 3 is 2.42 bits per heavy atom. The minimum absolute atomic E-state index is 0.206. The average Bonchev–Trinajstić information content (AvgIpc) is 2.73. The molecule has 10 nitrogen and oxygen atoms in total. The minimum atomic E-state index is -1.77. The summed E-state index contributed by atoms with van der Waals surface area (Å²) in [6.45, 7) is 1.58. The van der Waals surface area contributed by atoms with E-state index in [2.05, 4.69) is 5.32 Å². The number of esters is 2. The Labute approximate surface area is 183 Å². The number of benzene rings is 1. The van der Waals surface area contributed by atoms with Gasteiger partial charge in [-0.3, -0.25) is 9.59 Å². The predicted octanol–water partition coefficient (Wildman–Crippen LogP) is -0.413. The zero-order valence-electron chi connectivity index (χ0n) is 17.4. The Kier molecular flexibility index (Phi) is 8.83. The smallest absolute Gasteiger partial charge is 0.349 e. The van der Waals surface area contributed by atoms with Gasteiger partial charge >= 0.3 is 11.9 Å². The first kappa shape index (κ1) is 25.1. The SMILES string of the molecule is COC(=O)[C@]1(Sc2ccccc2)C[C@H](OC(C)=O)[C@@H](NC(C)=O)[C@H]([C@H](O)[C@H](O)CO)O1. The number of amides is 1. The van der Waals surface area contributed by atoms with E-state index in [1.807, 2.05) is 0 Å². The lowest BCUT2D eigenvalue weighted by atomic mass is 9.89. The maximum atomic E-state index is 12.9. The van der Waals surface area contributed by atoms with Gasteiger partial charge in [0.1, 0.15) is 24.4 Å². The number of nitrogens with one attached hydrogen (secondary N) is 1. The summed E-state index contributed by atoms with van der Waals surface area (Å²) in [7, 11) is 1.16. The van der Waals surface area contributed by atoms with Gasteiger partial charge in [0.25, 0.3) is 0 Å². The van der Waals surface area contributed by atoms with E-state index in [4.69, 9.17) is 14.2 Å². The van der Waals surface area contributed by atoms with Crippen LogP contribution in [0, 0.1) is 0 Å². The molecule has 0 aromatic heterocycles. The third-order valence-corrected chi connectivity index (χ3v) is 5.95. The zero-order valence-corrected chi connectivity index (χ0v) is 18.2. The lowest BCUT2D eigenvalue weighted by Crippen LogP contribution is -2.67. The Hall–Kier alpha value is -2.18. The molecule has 0 aliphatic carbocycles. The molecule has 1 aromatic carbocycles. The highest BCUT2D eigenvalue weighted by Crippen LogP contribution is 2.45. The van der Waals surface area contributed by atoms with Crippen molar-refractivity contribution in [3.8, 4) is 0 Å². The van der Waals surface area contributed by atoms with E-state index < -0.39 is 59.8 Å². The normalized spacial score (nSPS) is 27.6. The van der Waals surface area contributed by atoms with Crippen LogP contribution in [0.25, 0.3) is 0 Å². The maximum absolute atomic E-state index is 12.9. The highest BCUT2D eigenvalue weighted by Gasteiger charge is 2.57. The fraction of sp³-hybridized carbons (Fsp3) is 0.550. The number of hydrogen-bond donors (Lipinski definition) is 4. The molecule has 0 radical (unpaired) electrons. The summed E-state index contributed by atoms with van der Waals surface area (Å²) in [5, 5.41) is 32.5. The lowest BCUT2D eigenvalue weighted by molar-refractivity contribution is -0.212. The second kappa shape index (κ2) is 10.9. The molecule has 2 rings (SSSR count). The molecule has 0 bridgehead atoms. The summed E-state index contributed by atoms with van der Waals surface area (Å²) in [5.41, 5.74) is 0. The number of ether oxygens (including phenoxy) is 3. The van der Waals surface area contributed by atoms with Crippen LogP contribution in [-0.4, -0.2) is 82.3 Å². The van der Waals surface area contributed by atoms with Crippen LogP contribution in [0.3, 0.4) is 0 Å². The van der Waals surface area contributed by atoms with E-state index >= 15 is 0 Å². The van der Waals surface area contributed by atoms with Crippen LogP contribution in [0.1, 0.15) is 20.3 Å². The second-order valence-electron chi connectivity index (χ2n) is 7.06. The molecule has 1 aromatic rings. The number of hydrogen-bond acceptors (Lipinski definition) is 10. The largest absolute Gasteiger partial charge is 0.466 e. The molecule has 1 amide bonds. The molecule has 1 aliphatic rings. The minimum Gasteiger partial charge on any atom is -0.466 e. The topological polar surface area (TPSA) is 152 Å². The van der Waals surface area contributed by atoms with Crippen molar-refractivity contribution < 1.29 is 43.9 Å². The Morgan fingerprint density at radius 1 is 1.26 bits per heavy atom. The molecular weight excluding hydrogens is 430 g/mol. The van der Waals surface area contributed by atoms with Gasteiger partial charge in [0.15, 0.2) is 0 Å². The first-order valence-electron chi connectivity index (χ1n) is 9.55. The van der Waals surface area contributed by atoms with Crippen LogP contribution in [0.15, 0.2) is 35.2 Å². The van der Waals surface area contributed by atoms with Gasteiger partial charge in [-0.2, -0.15) is 0 Å². The van der Waals surface area contributed by atoms with Crippen molar-refractivity contribution >= 4 is 29.6 Å². The van der Waals surface area contributed by atoms with Crippen molar-refractivity contribution in [1.29, 1.82) is 0 Å². The third kappa shape index (κ3) is 6.17. The fourth-order valence-corrected chi connectivity index (χ4v) is 4.61. The quantitative estimate of drug-likeness (QED) is 0.379. The van der Waals surface area contributed by atoms with Crippen molar-refractivity contribution in [2.24, 2.45) is 0 Å². The van der Waals surface area contributed by atoms with Crippen LogP contribution >= 0.6 is 11.8 Å². The highest BCUT2D eigenvalue weighted by atomic mass is 32.2. The van der Waals surface area contributed by atoms with E-state index in [9.17, 15) is 29.7 Å². The molecule has 1 fully saturated rings. The van der Waals surface area contributed by atoms with Gasteiger partial charge in [0.05, 0.1) is 19.8 Å². The molecule has 1 saturated heterocycles. The summed E-state index contributed by atoms with van der Waals surface area (Å²) in [6, 6.07) is 7.64. The summed E-state index contributed by atoms with van der Waals surface area (Å²) in [6.07, 6.45) is -6.09. The first-order valence-corrected chi connectivity index (χ1v) is 10.4. The zero-order chi connectivity index (χ0) is 23.2. The highest BCUT2D eigenvalue weighted by molar-refractivity contribution is 8.01. The van der Waals surface area contributed by atoms with Crippen molar-refractivity contribution in [2.75, 3.05) is 13.7 Å². The lowest BCUT2D eigenvalue weighted by Gasteiger charge is -2.47. The van der Waals surface area contributed by atoms with Crippen LogP contribution in [0.4, 0.5) is 0 Å². The summed E-state index contributed by atoms with van der Waals surface area (Å²) >= 11 is 0.981. The molecule has 0 spiro atoms. The van der Waals surface area contributed by atoms with Crippen LogP contribution in [0.2, 0.25) is 0 Å². The number of thioether (sulfide) groups is 1. The van der Waals surface area contributed by atoms with E-state index in [1.54, 1.807) is 30.3 Å². The molecule has 1 aliphatic heterocycles. The van der Waals surface area contributed by atoms with Crippen LogP contribution in [0.5, 0.6) is 0 Å². The first-order chi connectivity index (χ1) is 14.6. The molecule has 0 unspecified atom stereocenters.